The normalized spacial score (nSPS) is 25.7. The van der Waals surface area contributed by atoms with Gasteiger partial charge < -0.3 is 10.5 Å². The molecule has 0 saturated carbocycles. The smallest absolute Gasteiger partial charge is 0.0603 e. The number of benzene rings is 1. The van der Waals surface area contributed by atoms with Crippen LogP contribution in [0.4, 0.5) is 0 Å². The summed E-state index contributed by atoms with van der Waals surface area (Å²) in [6, 6.07) is 6.83. The van der Waals surface area contributed by atoms with Crippen LogP contribution in [0.5, 0.6) is 0 Å². The number of nitrogens with two attached hydrogens (primary N) is 1. The second-order valence-corrected chi connectivity index (χ2v) is 5.73. The molecule has 1 aromatic carbocycles. The van der Waals surface area contributed by atoms with E-state index in [2.05, 4.69) is 32.0 Å². The van der Waals surface area contributed by atoms with Crippen molar-refractivity contribution in [3.05, 3.63) is 29.3 Å². The molecule has 1 saturated heterocycles. The number of thioether (sulfide) groups is 1. The fraction of sp³-hybridized carbons (Fsp3) is 0.538. The molecule has 0 aromatic heterocycles. The summed E-state index contributed by atoms with van der Waals surface area (Å²) in [5.74, 6) is 0. The van der Waals surface area contributed by atoms with Gasteiger partial charge in [0.25, 0.3) is 0 Å². The van der Waals surface area contributed by atoms with Gasteiger partial charge in [-0.25, -0.2) is 0 Å². The number of hydrogen-bond acceptors (Lipinski definition) is 3. The first kappa shape index (κ1) is 12.0. The Kier molecular flexibility index (Phi) is 3.90. The predicted molar refractivity (Wildman–Crippen MR) is 69.0 cm³/mol. The first-order valence-corrected chi connectivity index (χ1v) is 6.62. The van der Waals surface area contributed by atoms with Gasteiger partial charge in [0.2, 0.25) is 0 Å². The highest BCUT2D eigenvalue weighted by Crippen LogP contribution is 2.30. The Labute approximate surface area is 102 Å². The van der Waals surface area contributed by atoms with Crippen LogP contribution in [0.1, 0.15) is 17.5 Å². The molecule has 1 heterocycles. The van der Waals surface area contributed by atoms with E-state index in [9.17, 15) is 0 Å². The molecule has 88 valence electrons. The fourth-order valence-electron chi connectivity index (χ4n) is 1.94. The molecule has 2 nitrogen and oxygen atoms in total. The van der Waals surface area contributed by atoms with Gasteiger partial charge in [-0.2, -0.15) is 0 Å². The molecule has 0 radical (unpaired) electrons. The van der Waals surface area contributed by atoms with Gasteiger partial charge in [-0.1, -0.05) is 17.7 Å². The topological polar surface area (TPSA) is 35.2 Å². The number of ether oxygens (including phenoxy) is 1. The van der Waals surface area contributed by atoms with Crippen molar-refractivity contribution in [1.29, 1.82) is 0 Å². The van der Waals surface area contributed by atoms with Crippen LogP contribution in [0.15, 0.2) is 23.1 Å². The van der Waals surface area contributed by atoms with Crippen molar-refractivity contribution >= 4 is 11.8 Å². The van der Waals surface area contributed by atoms with Crippen molar-refractivity contribution in [1.82, 2.24) is 0 Å². The van der Waals surface area contributed by atoms with E-state index in [1.54, 1.807) is 0 Å². The molecule has 16 heavy (non-hydrogen) atoms. The molecule has 3 heteroatoms. The zero-order valence-corrected chi connectivity index (χ0v) is 10.7. The van der Waals surface area contributed by atoms with E-state index in [1.165, 1.54) is 16.0 Å². The lowest BCUT2D eigenvalue weighted by Gasteiger charge is -2.28. The summed E-state index contributed by atoms with van der Waals surface area (Å²) in [7, 11) is 0. The second kappa shape index (κ2) is 5.21. The minimum Gasteiger partial charge on any atom is -0.380 e. The van der Waals surface area contributed by atoms with Crippen molar-refractivity contribution in [2.45, 2.75) is 36.5 Å². The quantitative estimate of drug-likeness (QED) is 0.858. The van der Waals surface area contributed by atoms with Gasteiger partial charge in [-0.15, -0.1) is 11.8 Å². The van der Waals surface area contributed by atoms with E-state index in [-0.39, 0.29) is 6.04 Å². The molecular formula is C13H19NOS. The van der Waals surface area contributed by atoms with E-state index >= 15 is 0 Å². The summed E-state index contributed by atoms with van der Waals surface area (Å²) < 4.78 is 5.49. The number of rotatable bonds is 2. The maximum Gasteiger partial charge on any atom is 0.0603 e. The van der Waals surface area contributed by atoms with Crippen molar-refractivity contribution in [2.24, 2.45) is 5.73 Å². The number of aryl methyl sites for hydroxylation is 2. The molecule has 0 amide bonds. The fourth-order valence-corrected chi connectivity index (χ4v) is 3.14. The lowest BCUT2D eigenvalue weighted by Crippen LogP contribution is -2.40. The summed E-state index contributed by atoms with van der Waals surface area (Å²) in [4.78, 5) is 1.33. The van der Waals surface area contributed by atoms with Crippen LogP contribution in [0.2, 0.25) is 0 Å². The van der Waals surface area contributed by atoms with Crippen LogP contribution < -0.4 is 5.73 Å². The maximum atomic E-state index is 6.11. The van der Waals surface area contributed by atoms with Gasteiger partial charge in [-0.05, 0) is 31.9 Å². The summed E-state index contributed by atoms with van der Waals surface area (Å²) in [5, 5.41) is 0.398. The zero-order chi connectivity index (χ0) is 11.5. The summed E-state index contributed by atoms with van der Waals surface area (Å²) in [6.07, 6.45) is 0.975. The molecule has 1 aliphatic heterocycles. The van der Waals surface area contributed by atoms with Gasteiger partial charge in [0.05, 0.1) is 6.61 Å². The van der Waals surface area contributed by atoms with Crippen LogP contribution in [-0.2, 0) is 4.74 Å². The molecule has 2 N–H and O–H groups in total. The first-order valence-electron chi connectivity index (χ1n) is 5.74. The van der Waals surface area contributed by atoms with Crippen molar-refractivity contribution in [3.8, 4) is 0 Å². The summed E-state index contributed by atoms with van der Waals surface area (Å²) >= 11 is 1.86. The predicted octanol–water partition coefficient (Wildman–Crippen LogP) is 2.51. The largest absolute Gasteiger partial charge is 0.380 e. The molecular weight excluding hydrogens is 218 g/mol. The molecule has 0 spiro atoms. The van der Waals surface area contributed by atoms with Crippen LogP contribution in [0.25, 0.3) is 0 Å². The summed E-state index contributed by atoms with van der Waals surface area (Å²) in [5.41, 5.74) is 8.75. The Hall–Kier alpha value is -0.510. The van der Waals surface area contributed by atoms with Crippen LogP contribution in [-0.4, -0.2) is 24.5 Å². The maximum absolute atomic E-state index is 6.11. The van der Waals surface area contributed by atoms with Gasteiger partial charge in [-0.3, -0.25) is 0 Å². The van der Waals surface area contributed by atoms with Gasteiger partial charge >= 0.3 is 0 Å². The molecule has 2 atom stereocenters. The lowest BCUT2D eigenvalue weighted by atomic mass is 10.1. The summed E-state index contributed by atoms with van der Waals surface area (Å²) in [6.45, 7) is 5.87. The third kappa shape index (κ3) is 2.78. The minimum atomic E-state index is 0.263. The SMILES string of the molecule is Cc1ccc(SC2COCCC2N)c(C)c1. The highest BCUT2D eigenvalue weighted by Gasteiger charge is 2.23. The van der Waals surface area contributed by atoms with Crippen molar-refractivity contribution < 1.29 is 4.74 Å². The minimum absolute atomic E-state index is 0.263. The van der Waals surface area contributed by atoms with Crippen molar-refractivity contribution in [3.63, 3.8) is 0 Å². The molecule has 0 bridgehead atoms. The van der Waals surface area contributed by atoms with E-state index in [4.69, 9.17) is 10.5 Å². The van der Waals surface area contributed by atoms with E-state index in [0.717, 1.165) is 19.6 Å². The van der Waals surface area contributed by atoms with E-state index < -0.39 is 0 Å². The van der Waals surface area contributed by atoms with E-state index in [1.807, 2.05) is 11.8 Å². The van der Waals surface area contributed by atoms with Gasteiger partial charge in [0, 0.05) is 22.8 Å². The average molecular weight is 237 g/mol. The third-order valence-corrected chi connectivity index (χ3v) is 4.46. The van der Waals surface area contributed by atoms with Crippen LogP contribution in [0, 0.1) is 13.8 Å². The Morgan fingerprint density at radius 1 is 1.38 bits per heavy atom. The third-order valence-electron chi connectivity index (χ3n) is 2.96. The zero-order valence-electron chi connectivity index (χ0n) is 9.90. The van der Waals surface area contributed by atoms with Gasteiger partial charge in [0.15, 0.2) is 0 Å². The van der Waals surface area contributed by atoms with Crippen LogP contribution in [0.3, 0.4) is 0 Å². The molecule has 1 fully saturated rings. The second-order valence-electron chi connectivity index (χ2n) is 4.45. The van der Waals surface area contributed by atoms with Gasteiger partial charge in [0.1, 0.15) is 0 Å². The highest BCUT2D eigenvalue weighted by molar-refractivity contribution is 8.00. The Bertz CT molecular complexity index is 367. The monoisotopic (exact) mass is 237 g/mol. The molecule has 0 aliphatic carbocycles. The average Bonchev–Trinajstić information content (AvgIpc) is 2.25. The molecule has 1 aliphatic rings. The Morgan fingerprint density at radius 2 is 2.19 bits per heavy atom. The number of hydrogen-bond donors (Lipinski definition) is 1. The molecule has 1 aromatic rings. The molecule has 2 unspecified atom stereocenters. The standard InChI is InChI=1S/C13H19NOS/c1-9-3-4-12(10(2)7-9)16-13-8-15-6-5-11(13)14/h3-4,7,11,13H,5-6,8,14H2,1-2H3. The Balaban J connectivity index is 2.07. The Morgan fingerprint density at radius 3 is 2.88 bits per heavy atom. The molecule has 2 rings (SSSR count). The van der Waals surface area contributed by atoms with Crippen molar-refractivity contribution in [2.75, 3.05) is 13.2 Å². The first-order chi connectivity index (χ1) is 7.66. The van der Waals surface area contributed by atoms with E-state index in [0.29, 0.717) is 5.25 Å². The highest BCUT2D eigenvalue weighted by atomic mass is 32.2. The van der Waals surface area contributed by atoms with Crippen LogP contribution >= 0.6 is 11.8 Å². The lowest BCUT2D eigenvalue weighted by molar-refractivity contribution is 0.0916.